The minimum Gasteiger partial charge on any atom is -0.301 e. The molecule has 140 valence electrons. The third kappa shape index (κ3) is 3.62. The van der Waals surface area contributed by atoms with Crippen LogP contribution in [0.4, 0.5) is 5.69 Å². The lowest BCUT2D eigenvalue weighted by Gasteiger charge is -2.05. The Balaban J connectivity index is 1.67. The van der Waals surface area contributed by atoms with Gasteiger partial charge in [-0.1, -0.05) is 41.6 Å². The van der Waals surface area contributed by atoms with Crippen LogP contribution in [0, 0.1) is 10.1 Å². The highest BCUT2D eigenvalue weighted by Crippen LogP contribution is 2.23. The Morgan fingerprint density at radius 1 is 1.21 bits per heavy atom. The van der Waals surface area contributed by atoms with Gasteiger partial charge in [0.05, 0.1) is 16.8 Å². The van der Waals surface area contributed by atoms with E-state index in [1.165, 1.54) is 30.1 Å². The monoisotopic (exact) mass is 413 g/mol. The van der Waals surface area contributed by atoms with E-state index in [1.807, 2.05) is 6.07 Å². The third-order valence-electron chi connectivity index (χ3n) is 3.97. The fourth-order valence-corrected chi connectivity index (χ4v) is 3.66. The van der Waals surface area contributed by atoms with Gasteiger partial charge in [0.25, 0.3) is 11.2 Å². The maximum absolute atomic E-state index is 12.4. The lowest BCUT2D eigenvalue weighted by molar-refractivity contribution is -0.384. The van der Waals surface area contributed by atoms with E-state index < -0.39 is 4.92 Å². The number of nitro groups is 1. The molecule has 0 aliphatic rings. The molecular formula is C18H12ClN5O3S. The number of rotatable bonds is 5. The van der Waals surface area contributed by atoms with E-state index in [-0.39, 0.29) is 11.2 Å². The molecule has 1 N–H and O–H groups in total. The molecule has 0 aliphatic heterocycles. The Kier molecular flexibility index (Phi) is 4.84. The molecule has 8 nitrogen and oxygen atoms in total. The van der Waals surface area contributed by atoms with Gasteiger partial charge in [-0.2, -0.15) is 5.10 Å². The first-order valence-corrected chi connectivity index (χ1v) is 9.48. The Morgan fingerprint density at radius 2 is 2.04 bits per heavy atom. The normalized spacial score (nSPS) is 11.0. The van der Waals surface area contributed by atoms with Crippen LogP contribution in [-0.2, 0) is 5.75 Å². The van der Waals surface area contributed by atoms with Gasteiger partial charge >= 0.3 is 0 Å². The maximum atomic E-state index is 12.4. The number of aromatic amines is 1. The van der Waals surface area contributed by atoms with Crippen molar-refractivity contribution in [1.29, 1.82) is 0 Å². The summed E-state index contributed by atoms with van der Waals surface area (Å²) in [4.78, 5) is 30.1. The quantitative estimate of drug-likeness (QED) is 0.229. The van der Waals surface area contributed by atoms with Crippen LogP contribution in [0.25, 0.3) is 16.7 Å². The van der Waals surface area contributed by atoms with Crippen molar-refractivity contribution in [3.63, 3.8) is 0 Å². The largest absolute Gasteiger partial charge is 0.301 e. The fraction of sp³-hybridized carbons (Fsp3) is 0.0556. The second-order valence-corrected chi connectivity index (χ2v) is 7.26. The average molecular weight is 414 g/mol. The van der Waals surface area contributed by atoms with Crippen LogP contribution in [0.15, 0.2) is 64.7 Å². The van der Waals surface area contributed by atoms with Crippen LogP contribution in [0.5, 0.6) is 0 Å². The van der Waals surface area contributed by atoms with Gasteiger partial charge in [0, 0.05) is 22.9 Å². The fourth-order valence-electron chi connectivity index (χ4n) is 2.68. The van der Waals surface area contributed by atoms with Crippen LogP contribution >= 0.6 is 23.4 Å². The molecule has 0 bridgehead atoms. The highest BCUT2D eigenvalue weighted by molar-refractivity contribution is 7.98. The van der Waals surface area contributed by atoms with Crippen molar-refractivity contribution in [2.45, 2.75) is 10.9 Å². The van der Waals surface area contributed by atoms with Gasteiger partial charge in [0.1, 0.15) is 5.39 Å². The van der Waals surface area contributed by atoms with Crippen LogP contribution < -0.4 is 5.56 Å². The molecule has 0 saturated heterocycles. The van der Waals surface area contributed by atoms with Crippen LogP contribution in [-0.4, -0.2) is 24.7 Å². The second-order valence-electron chi connectivity index (χ2n) is 5.86. The molecule has 28 heavy (non-hydrogen) atoms. The van der Waals surface area contributed by atoms with Crippen LogP contribution in [0.1, 0.15) is 5.56 Å². The lowest BCUT2D eigenvalue weighted by Crippen LogP contribution is -2.09. The molecule has 0 radical (unpaired) electrons. The van der Waals surface area contributed by atoms with E-state index in [4.69, 9.17) is 11.6 Å². The lowest BCUT2D eigenvalue weighted by atomic mass is 10.2. The molecule has 10 heteroatoms. The summed E-state index contributed by atoms with van der Waals surface area (Å²) in [5.41, 5.74) is 1.57. The third-order valence-corrected chi connectivity index (χ3v) is 5.15. The van der Waals surface area contributed by atoms with E-state index in [2.05, 4.69) is 15.1 Å². The second kappa shape index (κ2) is 7.45. The van der Waals surface area contributed by atoms with Crippen LogP contribution in [0.2, 0.25) is 5.02 Å². The first kappa shape index (κ1) is 18.2. The molecule has 0 unspecified atom stereocenters. The molecule has 0 aliphatic carbocycles. The summed E-state index contributed by atoms with van der Waals surface area (Å²) < 4.78 is 1.55. The number of thioether (sulfide) groups is 1. The van der Waals surface area contributed by atoms with Crippen molar-refractivity contribution in [3.8, 4) is 5.69 Å². The van der Waals surface area contributed by atoms with E-state index >= 15 is 0 Å². The Hall–Kier alpha value is -3.17. The molecule has 2 aromatic heterocycles. The van der Waals surface area contributed by atoms with Crippen molar-refractivity contribution in [3.05, 3.63) is 85.8 Å². The van der Waals surface area contributed by atoms with Crippen molar-refractivity contribution in [2.24, 2.45) is 0 Å². The molecule has 0 saturated carbocycles. The summed E-state index contributed by atoms with van der Waals surface area (Å²) in [7, 11) is 0. The molecule has 4 aromatic rings. The number of halogens is 1. The highest BCUT2D eigenvalue weighted by atomic mass is 35.5. The number of fused-ring (bicyclic) bond motifs is 1. The van der Waals surface area contributed by atoms with Crippen molar-refractivity contribution in [1.82, 2.24) is 19.7 Å². The number of nitrogens with one attached hydrogen (secondary N) is 1. The molecule has 2 aromatic carbocycles. The SMILES string of the molecule is O=c1[nH]c(SCc2cccc([N+](=O)[O-])c2)nc2c1cnn2-c1cccc(Cl)c1. The van der Waals surface area contributed by atoms with Gasteiger partial charge in [0.15, 0.2) is 10.8 Å². The van der Waals surface area contributed by atoms with Gasteiger partial charge < -0.3 is 4.98 Å². The Morgan fingerprint density at radius 3 is 2.82 bits per heavy atom. The Bertz CT molecular complexity index is 1250. The number of aromatic nitrogens is 4. The first-order chi connectivity index (χ1) is 13.5. The molecular weight excluding hydrogens is 402 g/mol. The van der Waals surface area contributed by atoms with Gasteiger partial charge in [-0.05, 0) is 23.8 Å². The summed E-state index contributed by atoms with van der Waals surface area (Å²) in [6.45, 7) is 0. The molecule has 2 heterocycles. The van der Waals surface area contributed by atoms with Gasteiger partial charge in [0.2, 0.25) is 0 Å². The summed E-state index contributed by atoms with van der Waals surface area (Å²) in [6, 6.07) is 13.4. The van der Waals surface area contributed by atoms with Crippen molar-refractivity contribution >= 4 is 40.1 Å². The van der Waals surface area contributed by atoms with Gasteiger partial charge in [-0.3, -0.25) is 14.9 Å². The summed E-state index contributed by atoms with van der Waals surface area (Å²) in [5, 5.41) is 16.5. The number of hydrogen-bond acceptors (Lipinski definition) is 6. The molecule has 0 fully saturated rings. The molecule has 0 spiro atoms. The summed E-state index contributed by atoms with van der Waals surface area (Å²) in [5.74, 6) is 0.418. The van der Waals surface area contributed by atoms with Crippen molar-refractivity contribution in [2.75, 3.05) is 0 Å². The summed E-state index contributed by atoms with van der Waals surface area (Å²) >= 11 is 7.32. The zero-order chi connectivity index (χ0) is 19.7. The average Bonchev–Trinajstić information content (AvgIpc) is 3.11. The van der Waals surface area contributed by atoms with Gasteiger partial charge in [-0.15, -0.1) is 0 Å². The number of hydrogen-bond donors (Lipinski definition) is 1. The summed E-state index contributed by atoms with van der Waals surface area (Å²) in [6.07, 6.45) is 1.46. The van der Waals surface area contributed by atoms with Crippen LogP contribution in [0.3, 0.4) is 0 Å². The van der Waals surface area contributed by atoms with E-state index in [0.29, 0.717) is 32.7 Å². The molecule has 0 atom stereocenters. The number of non-ortho nitro benzene ring substituents is 1. The minimum absolute atomic E-state index is 0.0223. The zero-order valence-electron chi connectivity index (χ0n) is 14.2. The number of nitrogens with zero attached hydrogens (tertiary/aromatic N) is 4. The number of nitro benzene ring substituents is 1. The zero-order valence-corrected chi connectivity index (χ0v) is 15.8. The molecule has 0 amide bonds. The van der Waals surface area contributed by atoms with E-state index in [0.717, 1.165) is 5.56 Å². The predicted molar refractivity (Wildman–Crippen MR) is 107 cm³/mol. The minimum atomic E-state index is -0.441. The predicted octanol–water partition coefficient (Wildman–Crippen LogP) is 3.96. The topological polar surface area (TPSA) is 107 Å². The molecule has 4 rings (SSSR count). The first-order valence-electron chi connectivity index (χ1n) is 8.11. The Labute approximate surface area is 167 Å². The standard InChI is InChI=1S/C18H12ClN5O3S/c19-12-4-2-5-13(8-12)23-16-15(9-20-23)17(25)22-18(21-16)28-10-11-3-1-6-14(7-11)24(26)27/h1-9H,10H2,(H,21,22,25). The smallest absolute Gasteiger partial charge is 0.269 e. The number of H-pyrrole nitrogens is 1. The highest BCUT2D eigenvalue weighted by Gasteiger charge is 2.13. The van der Waals surface area contributed by atoms with E-state index in [1.54, 1.807) is 35.0 Å². The number of benzene rings is 2. The van der Waals surface area contributed by atoms with E-state index in [9.17, 15) is 14.9 Å². The van der Waals surface area contributed by atoms with Gasteiger partial charge in [-0.25, -0.2) is 9.67 Å². The maximum Gasteiger partial charge on any atom is 0.269 e. The van der Waals surface area contributed by atoms with Crippen molar-refractivity contribution < 1.29 is 4.92 Å².